The molecule has 2 amide bonds. The minimum absolute atomic E-state index is 0.0324. The van der Waals surface area contributed by atoms with Crippen LogP contribution >= 0.6 is 11.8 Å². The zero-order valence-electron chi connectivity index (χ0n) is 20.4. The summed E-state index contributed by atoms with van der Waals surface area (Å²) in [6.45, 7) is 6.46. The smallest absolute Gasteiger partial charge is 0.269 e. The van der Waals surface area contributed by atoms with Crippen LogP contribution in [-0.2, 0) is 11.3 Å². The molecule has 0 spiro atoms. The number of carbonyl (C=O) groups is 2. The number of anilines is 1. The third-order valence-corrected chi connectivity index (χ3v) is 6.31. The Labute approximate surface area is 212 Å². The third kappa shape index (κ3) is 6.60. The maximum atomic E-state index is 12.9. The van der Waals surface area contributed by atoms with E-state index in [9.17, 15) is 19.7 Å². The van der Waals surface area contributed by atoms with Crippen LogP contribution in [-0.4, -0.2) is 44.4 Å². The van der Waals surface area contributed by atoms with Gasteiger partial charge in [0.25, 0.3) is 11.6 Å². The fourth-order valence-electron chi connectivity index (χ4n) is 3.42. The lowest BCUT2D eigenvalue weighted by Gasteiger charge is -2.22. The average Bonchev–Trinajstić information content (AvgIpc) is 3.28. The molecule has 11 nitrogen and oxygen atoms in total. The van der Waals surface area contributed by atoms with Crippen molar-refractivity contribution in [2.45, 2.75) is 38.5 Å². The van der Waals surface area contributed by atoms with E-state index in [1.165, 1.54) is 36.0 Å². The van der Waals surface area contributed by atoms with Crippen molar-refractivity contribution in [2.75, 3.05) is 18.2 Å². The molecule has 36 heavy (non-hydrogen) atoms. The fourth-order valence-corrected chi connectivity index (χ4v) is 4.23. The number of aromatic nitrogens is 3. The molecule has 12 heteroatoms. The van der Waals surface area contributed by atoms with Gasteiger partial charge in [0.2, 0.25) is 5.91 Å². The van der Waals surface area contributed by atoms with E-state index in [0.29, 0.717) is 34.5 Å². The Balaban J connectivity index is 1.68. The fraction of sp³-hybridized carbons (Fsp3) is 0.333. The number of nitro groups is 1. The van der Waals surface area contributed by atoms with Crippen LogP contribution < -0.4 is 15.4 Å². The molecule has 0 bridgehead atoms. The second-order valence-electron chi connectivity index (χ2n) is 8.15. The van der Waals surface area contributed by atoms with Crippen LogP contribution in [0.5, 0.6) is 5.75 Å². The van der Waals surface area contributed by atoms with Gasteiger partial charge in [0.05, 0.1) is 23.8 Å². The largest absolute Gasteiger partial charge is 0.497 e. The Bertz CT molecular complexity index is 1210. The van der Waals surface area contributed by atoms with Crippen molar-refractivity contribution in [2.24, 2.45) is 5.92 Å². The zero-order chi connectivity index (χ0) is 26.2. The number of rotatable bonds is 11. The number of nitrogens with one attached hydrogen (secondary N) is 2. The SMILES string of the molecule is CCn1c(SCC(=O)Nc2ccc([N+](=O)[O-])cc2)nnc1[C@@H](NC(=O)c1ccc(OC)cc1)C(C)C. The first-order valence-electron chi connectivity index (χ1n) is 11.3. The summed E-state index contributed by atoms with van der Waals surface area (Å²) < 4.78 is 7.03. The number of amides is 2. The molecule has 0 aliphatic heterocycles. The van der Waals surface area contributed by atoms with E-state index >= 15 is 0 Å². The molecule has 1 heterocycles. The van der Waals surface area contributed by atoms with Crippen LogP contribution in [0.1, 0.15) is 43.0 Å². The number of nitrogens with zero attached hydrogens (tertiary/aromatic N) is 4. The number of ether oxygens (including phenoxy) is 1. The second kappa shape index (κ2) is 12.2. The average molecular weight is 513 g/mol. The minimum Gasteiger partial charge on any atom is -0.497 e. The first-order chi connectivity index (χ1) is 17.2. The minimum atomic E-state index is -0.500. The highest BCUT2D eigenvalue weighted by atomic mass is 32.2. The Hall–Kier alpha value is -3.93. The zero-order valence-corrected chi connectivity index (χ0v) is 21.2. The van der Waals surface area contributed by atoms with E-state index in [2.05, 4.69) is 20.8 Å². The van der Waals surface area contributed by atoms with Crippen molar-refractivity contribution >= 4 is 35.0 Å². The molecule has 1 aromatic heterocycles. The van der Waals surface area contributed by atoms with Gasteiger partial charge in [-0.2, -0.15) is 0 Å². The van der Waals surface area contributed by atoms with E-state index in [0.717, 1.165) is 0 Å². The number of thioether (sulfide) groups is 1. The van der Waals surface area contributed by atoms with E-state index in [1.54, 1.807) is 31.4 Å². The molecule has 1 atom stereocenters. The summed E-state index contributed by atoms with van der Waals surface area (Å²) in [5.41, 5.74) is 0.913. The topological polar surface area (TPSA) is 141 Å². The number of hydrogen-bond donors (Lipinski definition) is 2. The molecule has 0 fully saturated rings. The summed E-state index contributed by atoms with van der Waals surface area (Å²) in [6.07, 6.45) is 0. The van der Waals surface area contributed by atoms with Gasteiger partial charge >= 0.3 is 0 Å². The monoisotopic (exact) mass is 512 g/mol. The van der Waals surface area contributed by atoms with Gasteiger partial charge in [-0.3, -0.25) is 19.7 Å². The Morgan fingerprint density at radius 2 is 1.78 bits per heavy atom. The molecule has 2 aromatic carbocycles. The lowest BCUT2D eigenvalue weighted by atomic mass is 10.0. The number of methoxy groups -OCH3 is 1. The van der Waals surface area contributed by atoms with Crippen molar-refractivity contribution < 1.29 is 19.2 Å². The van der Waals surface area contributed by atoms with Crippen molar-refractivity contribution in [3.8, 4) is 5.75 Å². The molecule has 0 aliphatic rings. The van der Waals surface area contributed by atoms with Crippen molar-refractivity contribution in [1.82, 2.24) is 20.1 Å². The van der Waals surface area contributed by atoms with Crippen molar-refractivity contribution in [1.29, 1.82) is 0 Å². The van der Waals surface area contributed by atoms with Crippen LogP contribution in [0.25, 0.3) is 0 Å². The first kappa shape index (κ1) is 26.7. The highest BCUT2D eigenvalue weighted by Gasteiger charge is 2.26. The maximum Gasteiger partial charge on any atom is 0.269 e. The summed E-state index contributed by atoms with van der Waals surface area (Å²) >= 11 is 1.22. The van der Waals surface area contributed by atoms with E-state index in [4.69, 9.17) is 4.74 Å². The van der Waals surface area contributed by atoms with E-state index in [1.807, 2.05) is 25.3 Å². The Morgan fingerprint density at radius 3 is 2.33 bits per heavy atom. The predicted octanol–water partition coefficient (Wildman–Crippen LogP) is 4.07. The molecule has 0 saturated heterocycles. The summed E-state index contributed by atoms with van der Waals surface area (Å²) in [5.74, 6) is 0.849. The van der Waals surface area contributed by atoms with Gasteiger partial charge in [-0.25, -0.2) is 0 Å². The molecule has 190 valence electrons. The molecule has 3 rings (SSSR count). The maximum absolute atomic E-state index is 12.9. The summed E-state index contributed by atoms with van der Waals surface area (Å²) in [4.78, 5) is 35.6. The molecule has 0 saturated carbocycles. The second-order valence-corrected chi connectivity index (χ2v) is 9.09. The van der Waals surface area contributed by atoms with Crippen LogP contribution in [0, 0.1) is 16.0 Å². The summed E-state index contributed by atoms with van der Waals surface area (Å²) in [5, 5.41) is 25.7. The number of carbonyl (C=O) groups excluding carboxylic acids is 2. The van der Waals surface area contributed by atoms with Gasteiger partial charge in [-0.15, -0.1) is 10.2 Å². The summed E-state index contributed by atoms with van der Waals surface area (Å²) in [7, 11) is 1.57. The predicted molar refractivity (Wildman–Crippen MR) is 136 cm³/mol. The Morgan fingerprint density at radius 1 is 1.11 bits per heavy atom. The molecule has 0 unspecified atom stereocenters. The normalized spacial score (nSPS) is 11.7. The van der Waals surface area contributed by atoms with Crippen LogP contribution in [0.2, 0.25) is 0 Å². The molecule has 2 N–H and O–H groups in total. The van der Waals surface area contributed by atoms with Crippen molar-refractivity contribution in [3.63, 3.8) is 0 Å². The number of nitro benzene ring substituents is 1. The highest BCUT2D eigenvalue weighted by Crippen LogP contribution is 2.26. The van der Waals surface area contributed by atoms with Crippen LogP contribution in [0.4, 0.5) is 11.4 Å². The lowest BCUT2D eigenvalue weighted by Crippen LogP contribution is -2.33. The molecular weight excluding hydrogens is 484 g/mol. The number of non-ortho nitro benzene ring substituents is 1. The summed E-state index contributed by atoms with van der Waals surface area (Å²) in [6, 6.07) is 12.1. The quantitative estimate of drug-likeness (QED) is 0.222. The van der Waals surface area contributed by atoms with Crippen LogP contribution in [0.15, 0.2) is 53.7 Å². The van der Waals surface area contributed by atoms with Gasteiger partial charge in [0.15, 0.2) is 11.0 Å². The van der Waals surface area contributed by atoms with Gasteiger partial charge in [-0.05, 0) is 49.2 Å². The standard InChI is InChI=1S/C24H28N6O5S/c1-5-29-22(21(15(2)3)26-23(32)16-6-12-19(35-4)13-7-16)27-28-24(29)36-14-20(31)25-17-8-10-18(11-9-17)30(33)34/h6-13,15,21H,5,14H2,1-4H3,(H,25,31)(H,26,32)/t21-/m0/s1. The first-order valence-corrected chi connectivity index (χ1v) is 12.3. The Kier molecular flexibility index (Phi) is 9.01. The van der Waals surface area contributed by atoms with Crippen LogP contribution in [0.3, 0.4) is 0 Å². The molecule has 0 radical (unpaired) electrons. The van der Waals surface area contributed by atoms with E-state index in [-0.39, 0.29) is 29.2 Å². The van der Waals surface area contributed by atoms with Gasteiger partial charge in [0, 0.05) is 29.9 Å². The lowest BCUT2D eigenvalue weighted by molar-refractivity contribution is -0.384. The highest BCUT2D eigenvalue weighted by molar-refractivity contribution is 7.99. The van der Waals surface area contributed by atoms with E-state index < -0.39 is 11.0 Å². The number of hydrogen-bond acceptors (Lipinski definition) is 8. The molecule has 3 aromatic rings. The molecule has 0 aliphatic carbocycles. The van der Waals surface area contributed by atoms with Gasteiger partial charge < -0.3 is 19.9 Å². The van der Waals surface area contributed by atoms with Crippen molar-refractivity contribution in [3.05, 3.63) is 70.0 Å². The van der Waals surface area contributed by atoms with Gasteiger partial charge in [-0.1, -0.05) is 25.6 Å². The molecular formula is C24H28N6O5S. The third-order valence-electron chi connectivity index (χ3n) is 5.34. The number of benzene rings is 2. The van der Waals surface area contributed by atoms with Gasteiger partial charge in [0.1, 0.15) is 5.75 Å².